The van der Waals surface area contributed by atoms with Gasteiger partial charge in [-0.2, -0.15) is 0 Å². The van der Waals surface area contributed by atoms with Gasteiger partial charge in [-0.25, -0.2) is 13.1 Å². The van der Waals surface area contributed by atoms with Gasteiger partial charge >= 0.3 is 0 Å². The molecule has 6 nitrogen and oxygen atoms in total. The number of hydrogen-bond donors (Lipinski definition) is 1. The van der Waals surface area contributed by atoms with E-state index < -0.39 is 10.0 Å². The molecule has 1 aliphatic carbocycles. The number of amides is 1. The second-order valence-electron chi connectivity index (χ2n) is 7.64. The third kappa shape index (κ3) is 5.05. The number of nitrogens with one attached hydrogen (secondary N) is 1. The quantitative estimate of drug-likeness (QED) is 0.788. The van der Waals surface area contributed by atoms with E-state index in [-0.39, 0.29) is 22.9 Å². The van der Waals surface area contributed by atoms with Crippen molar-refractivity contribution in [3.63, 3.8) is 0 Å². The van der Waals surface area contributed by atoms with Crippen LogP contribution in [0, 0.1) is 5.92 Å². The first-order valence-corrected chi connectivity index (χ1v) is 10.9. The lowest BCUT2D eigenvalue weighted by Gasteiger charge is -2.32. The fourth-order valence-electron chi connectivity index (χ4n) is 3.02. The Kier molecular flexibility index (Phi) is 5.99. The van der Waals surface area contributed by atoms with Crippen molar-refractivity contribution in [2.45, 2.75) is 56.6 Å². The number of nitrogens with zero attached hydrogens (tertiary/aromatic N) is 1. The van der Waals surface area contributed by atoms with Crippen molar-refractivity contribution in [3.05, 3.63) is 29.8 Å². The third-order valence-electron chi connectivity index (χ3n) is 4.68. The molecule has 1 heterocycles. The molecule has 2 aliphatic rings. The molecule has 7 heteroatoms. The zero-order valence-electron chi connectivity index (χ0n) is 15.5. The Morgan fingerprint density at radius 1 is 1.23 bits per heavy atom. The molecule has 1 N–H and O–H groups in total. The number of piperidine rings is 1. The monoisotopic (exact) mass is 380 g/mol. The van der Waals surface area contributed by atoms with E-state index in [4.69, 9.17) is 4.74 Å². The Balaban J connectivity index is 1.61. The van der Waals surface area contributed by atoms with E-state index in [1.165, 1.54) is 12.1 Å². The molecule has 1 aromatic carbocycles. The standard InChI is InChI=1S/C19H28N2O4S/c1-14(2)13-25-17-8-10-21(11-9-17)19(22)15-4-3-5-18(12-15)26(23,24)20-16-6-7-16/h3-5,12,14,16-17,20H,6-11,13H2,1-2H3. The highest BCUT2D eigenvalue weighted by atomic mass is 32.2. The van der Waals surface area contributed by atoms with E-state index in [0.717, 1.165) is 32.3 Å². The van der Waals surface area contributed by atoms with Crippen LogP contribution in [0.25, 0.3) is 0 Å². The molecule has 3 rings (SSSR count). The van der Waals surface area contributed by atoms with Crippen molar-refractivity contribution in [1.29, 1.82) is 0 Å². The van der Waals surface area contributed by atoms with Gasteiger partial charge in [0.15, 0.2) is 0 Å². The van der Waals surface area contributed by atoms with Crippen LogP contribution in [0.4, 0.5) is 0 Å². The summed E-state index contributed by atoms with van der Waals surface area (Å²) in [5.41, 5.74) is 0.422. The molecular formula is C19H28N2O4S. The third-order valence-corrected chi connectivity index (χ3v) is 6.20. The topological polar surface area (TPSA) is 75.7 Å². The first kappa shape index (κ1) is 19.3. The molecule has 1 saturated carbocycles. The number of hydrogen-bond acceptors (Lipinski definition) is 4. The van der Waals surface area contributed by atoms with Crippen LogP contribution in [-0.2, 0) is 14.8 Å². The smallest absolute Gasteiger partial charge is 0.253 e. The van der Waals surface area contributed by atoms with Gasteiger partial charge in [-0.3, -0.25) is 4.79 Å². The molecule has 0 bridgehead atoms. The van der Waals surface area contributed by atoms with E-state index >= 15 is 0 Å². The Morgan fingerprint density at radius 3 is 2.54 bits per heavy atom. The van der Waals surface area contributed by atoms with E-state index in [0.29, 0.717) is 24.6 Å². The predicted molar refractivity (Wildman–Crippen MR) is 99.5 cm³/mol. The Labute approximate surface area is 156 Å². The maximum atomic E-state index is 12.8. The lowest BCUT2D eigenvalue weighted by Crippen LogP contribution is -2.41. The van der Waals surface area contributed by atoms with Crippen molar-refractivity contribution in [2.24, 2.45) is 5.92 Å². The van der Waals surface area contributed by atoms with E-state index in [1.54, 1.807) is 17.0 Å². The second kappa shape index (κ2) is 8.06. The van der Waals surface area contributed by atoms with Crippen molar-refractivity contribution < 1.29 is 17.9 Å². The van der Waals surface area contributed by atoms with Crippen LogP contribution in [0.15, 0.2) is 29.2 Å². The summed E-state index contributed by atoms with van der Waals surface area (Å²) in [5.74, 6) is 0.388. The van der Waals surface area contributed by atoms with Crippen molar-refractivity contribution >= 4 is 15.9 Å². The summed E-state index contributed by atoms with van der Waals surface area (Å²) in [7, 11) is -3.55. The lowest BCUT2D eigenvalue weighted by atomic mass is 10.1. The number of carbonyl (C=O) groups is 1. The Morgan fingerprint density at radius 2 is 1.92 bits per heavy atom. The first-order valence-electron chi connectivity index (χ1n) is 9.38. The number of rotatable bonds is 7. The second-order valence-corrected chi connectivity index (χ2v) is 9.36. The fraction of sp³-hybridized carbons (Fsp3) is 0.632. The minimum atomic E-state index is -3.55. The summed E-state index contributed by atoms with van der Waals surface area (Å²) >= 11 is 0. The van der Waals surface area contributed by atoms with E-state index in [1.807, 2.05) is 0 Å². The zero-order chi connectivity index (χ0) is 18.7. The summed E-state index contributed by atoms with van der Waals surface area (Å²) in [6.07, 6.45) is 3.60. The zero-order valence-corrected chi connectivity index (χ0v) is 16.3. The highest BCUT2D eigenvalue weighted by Gasteiger charge is 2.29. The maximum absolute atomic E-state index is 12.8. The van der Waals surface area contributed by atoms with Gasteiger partial charge in [-0.15, -0.1) is 0 Å². The van der Waals surface area contributed by atoms with Crippen molar-refractivity contribution in [3.8, 4) is 0 Å². The van der Waals surface area contributed by atoms with Gasteiger partial charge in [-0.1, -0.05) is 19.9 Å². The number of carbonyl (C=O) groups excluding carboxylic acids is 1. The molecule has 0 unspecified atom stereocenters. The molecule has 0 radical (unpaired) electrons. The average molecular weight is 381 g/mol. The summed E-state index contributed by atoms with van der Waals surface area (Å²) in [4.78, 5) is 14.7. The molecule has 2 fully saturated rings. The van der Waals surface area contributed by atoms with E-state index in [9.17, 15) is 13.2 Å². The van der Waals surface area contributed by atoms with Gasteiger partial charge in [0.05, 0.1) is 11.0 Å². The summed E-state index contributed by atoms with van der Waals surface area (Å²) < 4.78 is 33.2. The molecular weight excluding hydrogens is 352 g/mol. The molecule has 26 heavy (non-hydrogen) atoms. The Hall–Kier alpha value is -1.44. The normalized spacial score (nSPS) is 19.1. The van der Waals surface area contributed by atoms with Crippen LogP contribution in [0.2, 0.25) is 0 Å². The molecule has 1 aliphatic heterocycles. The molecule has 1 amide bonds. The number of sulfonamides is 1. The summed E-state index contributed by atoms with van der Waals surface area (Å²) in [6, 6.07) is 6.37. The minimum absolute atomic E-state index is 0.0456. The van der Waals surface area contributed by atoms with Crippen molar-refractivity contribution in [1.82, 2.24) is 9.62 Å². The van der Waals surface area contributed by atoms with Crippen molar-refractivity contribution in [2.75, 3.05) is 19.7 Å². The van der Waals surface area contributed by atoms with Gasteiger partial charge in [0.25, 0.3) is 5.91 Å². The van der Waals surface area contributed by atoms with Crippen LogP contribution in [-0.4, -0.2) is 51.1 Å². The minimum Gasteiger partial charge on any atom is -0.378 e. The molecule has 144 valence electrons. The van der Waals surface area contributed by atoms with Crippen LogP contribution < -0.4 is 4.72 Å². The highest BCUT2D eigenvalue weighted by Crippen LogP contribution is 2.23. The highest BCUT2D eigenvalue weighted by molar-refractivity contribution is 7.89. The van der Waals surface area contributed by atoms with E-state index in [2.05, 4.69) is 18.6 Å². The first-order chi connectivity index (χ1) is 12.3. The van der Waals surface area contributed by atoms with Gasteiger partial charge in [0.2, 0.25) is 10.0 Å². The lowest BCUT2D eigenvalue weighted by molar-refractivity contribution is -0.00231. The number of benzene rings is 1. The Bertz CT molecular complexity index is 736. The number of likely N-dealkylation sites (tertiary alicyclic amines) is 1. The van der Waals surface area contributed by atoms with Gasteiger partial charge in [0, 0.05) is 31.3 Å². The van der Waals surface area contributed by atoms with Crippen LogP contribution in [0.1, 0.15) is 49.9 Å². The van der Waals surface area contributed by atoms with Gasteiger partial charge in [-0.05, 0) is 49.8 Å². The molecule has 0 aromatic heterocycles. The molecule has 1 aromatic rings. The fourth-order valence-corrected chi connectivity index (χ4v) is 4.37. The summed E-state index contributed by atoms with van der Waals surface area (Å²) in [5, 5.41) is 0. The predicted octanol–water partition coefficient (Wildman–Crippen LogP) is 2.40. The van der Waals surface area contributed by atoms with Crippen LogP contribution >= 0.6 is 0 Å². The maximum Gasteiger partial charge on any atom is 0.253 e. The largest absolute Gasteiger partial charge is 0.378 e. The molecule has 0 spiro atoms. The SMILES string of the molecule is CC(C)COC1CCN(C(=O)c2cccc(S(=O)(=O)NC3CC3)c2)CC1. The summed E-state index contributed by atoms with van der Waals surface area (Å²) in [6.45, 7) is 6.26. The average Bonchev–Trinajstić information content (AvgIpc) is 3.43. The van der Waals surface area contributed by atoms with Gasteiger partial charge < -0.3 is 9.64 Å². The van der Waals surface area contributed by atoms with Crippen LogP contribution in [0.5, 0.6) is 0 Å². The van der Waals surface area contributed by atoms with Gasteiger partial charge in [0.1, 0.15) is 0 Å². The molecule has 0 atom stereocenters. The number of ether oxygens (including phenoxy) is 1. The molecule has 1 saturated heterocycles. The van der Waals surface area contributed by atoms with Crippen LogP contribution in [0.3, 0.4) is 0 Å².